The van der Waals surface area contributed by atoms with Crippen molar-refractivity contribution < 1.29 is 17.9 Å². The first-order valence-electron chi connectivity index (χ1n) is 10.4. The molecule has 0 atom stereocenters. The molecule has 0 saturated carbocycles. The van der Waals surface area contributed by atoms with E-state index in [0.29, 0.717) is 37.4 Å². The van der Waals surface area contributed by atoms with Crippen LogP contribution in [0.2, 0.25) is 0 Å². The summed E-state index contributed by atoms with van der Waals surface area (Å²) < 4.78 is 32.3. The van der Waals surface area contributed by atoms with Crippen molar-refractivity contribution in [2.24, 2.45) is 5.92 Å². The molecular weight excluding hydrogens is 400 g/mol. The minimum Gasteiger partial charge on any atom is -0.497 e. The van der Waals surface area contributed by atoms with Crippen LogP contribution in [0, 0.1) is 12.8 Å². The van der Waals surface area contributed by atoms with Crippen LogP contribution in [0.1, 0.15) is 30.4 Å². The highest BCUT2D eigenvalue weighted by molar-refractivity contribution is 7.89. The highest BCUT2D eigenvalue weighted by atomic mass is 32.2. The van der Waals surface area contributed by atoms with Gasteiger partial charge in [0.15, 0.2) is 0 Å². The molecule has 1 heterocycles. The van der Waals surface area contributed by atoms with Gasteiger partial charge in [0.2, 0.25) is 15.9 Å². The van der Waals surface area contributed by atoms with Crippen molar-refractivity contribution in [1.82, 2.24) is 9.62 Å². The first-order valence-corrected chi connectivity index (χ1v) is 11.8. The fourth-order valence-electron chi connectivity index (χ4n) is 3.69. The lowest BCUT2D eigenvalue weighted by molar-refractivity contribution is -0.126. The number of sulfonamides is 1. The molecule has 1 aliphatic heterocycles. The maximum absolute atomic E-state index is 12.8. The van der Waals surface area contributed by atoms with Gasteiger partial charge in [-0.3, -0.25) is 4.79 Å². The summed E-state index contributed by atoms with van der Waals surface area (Å²) in [4.78, 5) is 12.8. The number of hydrogen-bond acceptors (Lipinski definition) is 4. The van der Waals surface area contributed by atoms with Crippen LogP contribution in [-0.2, 0) is 21.2 Å². The lowest BCUT2D eigenvalue weighted by atomic mass is 9.97. The van der Waals surface area contributed by atoms with Gasteiger partial charge < -0.3 is 10.1 Å². The number of rotatable bonds is 8. The summed E-state index contributed by atoms with van der Waals surface area (Å²) in [5, 5.41) is 3.00. The first-order chi connectivity index (χ1) is 14.4. The molecule has 30 heavy (non-hydrogen) atoms. The Labute approximate surface area is 179 Å². The molecule has 0 radical (unpaired) electrons. The minimum atomic E-state index is -3.49. The average Bonchev–Trinajstić information content (AvgIpc) is 2.77. The number of hydrogen-bond donors (Lipinski definition) is 1. The molecule has 1 aliphatic rings. The van der Waals surface area contributed by atoms with Crippen molar-refractivity contribution in [2.45, 2.75) is 37.5 Å². The monoisotopic (exact) mass is 430 g/mol. The van der Waals surface area contributed by atoms with Crippen molar-refractivity contribution >= 4 is 15.9 Å². The molecule has 2 aromatic rings. The molecule has 3 rings (SSSR count). The molecule has 7 heteroatoms. The average molecular weight is 431 g/mol. The third-order valence-corrected chi connectivity index (χ3v) is 7.47. The number of ether oxygens (including phenoxy) is 1. The molecule has 1 amide bonds. The highest BCUT2D eigenvalue weighted by Crippen LogP contribution is 2.24. The Kier molecular flexibility index (Phi) is 7.50. The third-order valence-electron chi connectivity index (χ3n) is 5.56. The Bertz CT molecular complexity index is 949. The van der Waals surface area contributed by atoms with Crippen LogP contribution in [-0.4, -0.2) is 45.4 Å². The van der Waals surface area contributed by atoms with E-state index in [0.717, 1.165) is 24.2 Å². The molecule has 1 fully saturated rings. The number of carbonyl (C=O) groups excluding carboxylic acids is 1. The lowest BCUT2D eigenvalue weighted by Gasteiger charge is -2.30. The Morgan fingerprint density at radius 1 is 1.13 bits per heavy atom. The predicted octanol–water partition coefficient (Wildman–Crippen LogP) is 3.15. The van der Waals surface area contributed by atoms with Gasteiger partial charge in [-0.1, -0.05) is 29.8 Å². The SMILES string of the molecule is COc1cccc(CCCNC(=O)C2CCN(S(=O)(=O)c3ccc(C)cc3)CC2)c1. The van der Waals surface area contributed by atoms with E-state index in [9.17, 15) is 13.2 Å². The van der Waals surface area contributed by atoms with Crippen LogP contribution in [0.25, 0.3) is 0 Å². The van der Waals surface area contributed by atoms with Crippen molar-refractivity contribution in [2.75, 3.05) is 26.7 Å². The highest BCUT2D eigenvalue weighted by Gasteiger charge is 2.31. The lowest BCUT2D eigenvalue weighted by Crippen LogP contribution is -2.43. The molecule has 162 valence electrons. The second kappa shape index (κ2) is 10.1. The molecule has 0 bridgehead atoms. The van der Waals surface area contributed by atoms with E-state index in [1.54, 1.807) is 31.4 Å². The fraction of sp³-hybridized carbons (Fsp3) is 0.435. The Morgan fingerprint density at radius 3 is 2.50 bits per heavy atom. The maximum Gasteiger partial charge on any atom is 0.243 e. The zero-order chi connectivity index (χ0) is 21.6. The molecule has 1 N–H and O–H groups in total. The topological polar surface area (TPSA) is 75.7 Å². The number of nitrogens with zero attached hydrogens (tertiary/aromatic N) is 1. The van der Waals surface area contributed by atoms with E-state index >= 15 is 0 Å². The van der Waals surface area contributed by atoms with Crippen molar-refractivity contribution in [1.29, 1.82) is 0 Å². The predicted molar refractivity (Wildman–Crippen MR) is 117 cm³/mol. The minimum absolute atomic E-state index is 0.0213. The van der Waals surface area contributed by atoms with Gasteiger partial charge >= 0.3 is 0 Å². The van der Waals surface area contributed by atoms with E-state index in [4.69, 9.17) is 4.74 Å². The summed E-state index contributed by atoms with van der Waals surface area (Å²) >= 11 is 0. The second-order valence-corrected chi connectivity index (χ2v) is 9.68. The Morgan fingerprint density at radius 2 is 1.83 bits per heavy atom. The van der Waals surface area contributed by atoms with Crippen LogP contribution in [0.3, 0.4) is 0 Å². The van der Waals surface area contributed by atoms with Gasteiger partial charge in [0, 0.05) is 25.6 Å². The van der Waals surface area contributed by atoms with E-state index in [1.807, 2.05) is 25.1 Å². The third kappa shape index (κ3) is 5.61. The van der Waals surface area contributed by atoms with Crippen molar-refractivity contribution in [3.8, 4) is 5.75 Å². The van der Waals surface area contributed by atoms with Crippen LogP contribution >= 0.6 is 0 Å². The standard InChI is InChI=1S/C23H30N2O4S/c1-18-8-10-22(11-9-18)30(27,28)25-15-12-20(13-16-25)23(26)24-14-4-6-19-5-3-7-21(17-19)29-2/h3,5,7-11,17,20H,4,6,12-16H2,1-2H3,(H,24,26). The Balaban J connectivity index is 1.43. The summed E-state index contributed by atoms with van der Waals surface area (Å²) in [6, 6.07) is 14.8. The number of methoxy groups -OCH3 is 1. The van der Waals surface area contributed by atoms with Crippen LogP contribution < -0.4 is 10.1 Å². The number of amides is 1. The fourth-order valence-corrected chi connectivity index (χ4v) is 5.16. The van der Waals surface area contributed by atoms with Gasteiger partial charge in [0.05, 0.1) is 12.0 Å². The van der Waals surface area contributed by atoms with Gasteiger partial charge in [-0.05, 0) is 62.4 Å². The summed E-state index contributed by atoms with van der Waals surface area (Å²) in [7, 11) is -1.84. The van der Waals surface area contributed by atoms with Crippen LogP contribution in [0.4, 0.5) is 0 Å². The van der Waals surface area contributed by atoms with E-state index in [1.165, 1.54) is 9.87 Å². The van der Waals surface area contributed by atoms with Gasteiger partial charge in [-0.15, -0.1) is 0 Å². The normalized spacial score (nSPS) is 15.7. The summed E-state index contributed by atoms with van der Waals surface area (Å²) in [5.74, 6) is 0.725. The molecule has 0 aromatic heterocycles. The van der Waals surface area contributed by atoms with Gasteiger partial charge in [0.1, 0.15) is 5.75 Å². The zero-order valence-corrected chi connectivity index (χ0v) is 18.5. The molecule has 0 aliphatic carbocycles. The summed E-state index contributed by atoms with van der Waals surface area (Å²) in [6.07, 6.45) is 2.81. The van der Waals surface area contributed by atoms with Gasteiger partial charge in [-0.25, -0.2) is 8.42 Å². The summed E-state index contributed by atoms with van der Waals surface area (Å²) in [5.41, 5.74) is 2.20. The van der Waals surface area contributed by atoms with Gasteiger partial charge in [0.25, 0.3) is 0 Å². The van der Waals surface area contributed by atoms with E-state index in [-0.39, 0.29) is 11.8 Å². The number of piperidine rings is 1. The second-order valence-electron chi connectivity index (χ2n) is 7.74. The summed E-state index contributed by atoms with van der Waals surface area (Å²) in [6.45, 7) is 3.28. The smallest absolute Gasteiger partial charge is 0.243 e. The molecule has 0 spiro atoms. The van der Waals surface area contributed by atoms with Crippen LogP contribution in [0.5, 0.6) is 5.75 Å². The number of benzene rings is 2. The molecule has 0 unspecified atom stereocenters. The molecule has 1 saturated heterocycles. The Hall–Kier alpha value is -2.38. The van der Waals surface area contributed by atoms with Crippen LogP contribution in [0.15, 0.2) is 53.4 Å². The first kappa shape index (κ1) is 22.3. The van der Waals surface area contributed by atoms with Gasteiger partial charge in [-0.2, -0.15) is 4.31 Å². The van der Waals surface area contributed by atoms with Crippen molar-refractivity contribution in [3.05, 3.63) is 59.7 Å². The molecule has 2 aromatic carbocycles. The number of carbonyl (C=O) groups is 1. The largest absolute Gasteiger partial charge is 0.497 e. The number of nitrogens with one attached hydrogen (secondary N) is 1. The molecular formula is C23H30N2O4S. The molecule has 6 nitrogen and oxygen atoms in total. The van der Waals surface area contributed by atoms with E-state index < -0.39 is 10.0 Å². The zero-order valence-electron chi connectivity index (χ0n) is 17.6. The quantitative estimate of drug-likeness (QED) is 0.653. The van der Waals surface area contributed by atoms with E-state index in [2.05, 4.69) is 11.4 Å². The number of aryl methyl sites for hydroxylation is 2. The van der Waals surface area contributed by atoms with Crippen molar-refractivity contribution in [3.63, 3.8) is 0 Å². The maximum atomic E-state index is 12.8.